The fourth-order valence-corrected chi connectivity index (χ4v) is 2.92. The molecule has 1 unspecified atom stereocenters. The number of halogens is 10. The highest BCUT2D eigenvalue weighted by Crippen LogP contribution is 2.54. The molecule has 18 heavy (non-hydrogen) atoms. The minimum absolute atomic E-state index is 0.226. The summed E-state index contributed by atoms with van der Waals surface area (Å²) in [5.41, 5.74) is 0. The van der Waals surface area contributed by atoms with Gasteiger partial charge >= 0.3 is 0 Å². The molecule has 0 aliphatic rings. The van der Waals surface area contributed by atoms with Gasteiger partial charge in [-0.25, -0.2) is 0 Å². The van der Waals surface area contributed by atoms with E-state index in [1.165, 1.54) is 0 Å². The van der Waals surface area contributed by atoms with Gasteiger partial charge in [-0.1, -0.05) is 116 Å². The predicted octanol–water partition coefficient (Wildman–Crippen LogP) is 5.13. The van der Waals surface area contributed by atoms with Crippen molar-refractivity contribution in [1.29, 1.82) is 0 Å². The Balaban J connectivity index is 5.16. The third-order valence-electron chi connectivity index (χ3n) is 1.92. The molecule has 0 radical (unpaired) electrons. The lowest BCUT2D eigenvalue weighted by Gasteiger charge is -2.38. The number of alkyl halides is 10. The molecule has 0 rings (SSSR count). The SMILES string of the molecule is [SiH3]OC(CC(Cl)(Cl)C(Cl)(Cl)Cl)C(Cl)(Cl)C(Cl)(Cl)Cl. The van der Waals surface area contributed by atoms with Crippen LogP contribution in [0.15, 0.2) is 0 Å². The van der Waals surface area contributed by atoms with E-state index < -0.39 is 22.4 Å². The zero-order valence-electron chi connectivity index (χ0n) is 8.47. The van der Waals surface area contributed by atoms with Gasteiger partial charge in [0.1, 0.15) is 10.5 Å². The van der Waals surface area contributed by atoms with Crippen molar-refractivity contribution in [3.8, 4) is 0 Å². The van der Waals surface area contributed by atoms with Crippen LogP contribution in [0.5, 0.6) is 0 Å². The Kier molecular flexibility index (Phi) is 8.31. The molecule has 0 N–H and O–H groups in total. The van der Waals surface area contributed by atoms with Gasteiger partial charge in [0, 0.05) is 6.42 Å². The van der Waals surface area contributed by atoms with E-state index in [4.69, 9.17) is 120 Å². The van der Waals surface area contributed by atoms with Gasteiger partial charge in [-0.2, -0.15) is 0 Å². The molecule has 0 aromatic carbocycles. The molecule has 0 fully saturated rings. The monoisotopic (exact) mass is 472 g/mol. The smallest absolute Gasteiger partial charge is 0.225 e. The van der Waals surface area contributed by atoms with Gasteiger partial charge in [0.25, 0.3) is 0 Å². The Bertz CT molecular complexity index is 281. The Morgan fingerprint density at radius 1 is 0.778 bits per heavy atom. The fourth-order valence-electron chi connectivity index (χ4n) is 0.891. The lowest BCUT2D eigenvalue weighted by molar-refractivity contribution is 0.184. The van der Waals surface area contributed by atoms with E-state index in [1.807, 2.05) is 0 Å². The maximum atomic E-state index is 5.95. The van der Waals surface area contributed by atoms with E-state index in [0.29, 0.717) is 0 Å². The fraction of sp³-hybridized carbons (Fsp3) is 1.00. The van der Waals surface area contributed by atoms with Crippen molar-refractivity contribution in [2.24, 2.45) is 0 Å². The van der Waals surface area contributed by atoms with Gasteiger partial charge in [0.05, 0.1) is 6.10 Å². The van der Waals surface area contributed by atoms with Gasteiger partial charge in [-0.3, -0.25) is 0 Å². The van der Waals surface area contributed by atoms with Crippen LogP contribution in [-0.2, 0) is 4.43 Å². The van der Waals surface area contributed by atoms with Crippen LogP contribution >= 0.6 is 116 Å². The molecule has 0 saturated carbocycles. The molecule has 1 atom stereocenters. The van der Waals surface area contributed by atoms with Crippen molar-refractivity contribution in [2.45, 2.75) is 28.8 Å². The van der Waals surface area contributed by atoms with Crippen LogP contribution in [0.1, 0.15) is 6.42 Å². The molecule has 0 amide bonds. The summed E-state index contributed by atoms with van der Waals surface area (Å²) in [4.78, 5) is 0. The summed E-state index contributed by atoms with van der Waals surface area (Å²) in [7, 11) is 0.226. The highest BCUT2D eigenvalue weighted by molar-refractivity contribution is 6.76. The third-order valence-corrected chi connectivity index (χ3v) is 7.44. The third kappa shape index (κ3) is 5.37. The molecular formula is C6H6Cl10OSi. The summed E-state index contributed by atoms with van der Waals surface area (Å²) < 4.78 is -2.62. The highest BCUT2D eigenvalue weighted by atomic mass is 35.6. The van der Waals surface area contributed by atoms with Crippen LogP contribution in [0.25, 0.3) is 0 Å². The van der Waals surface area contributed by atoms with Crippen molar-refractivity contribution in [2.75, 3.05) is 0 Å². The number of hydrogen-bond acceptors (Lipinski definition) is 1. The van der Waals surface area contributed by atoms with Crippen molar-refractivity contribution in [3.05, 3.63) is 0 Å². The van der Waals surface area contributed by atoms with E-state index in [-0.39, 0.29) is 16.9 Å². The second-order valence-electron chi connectivity index (χ2n) is 3.25. The largest absolute Gasteiger partial charge is 0.422 e. The Morgan fingerprint density at radius 3 is 1.39 bits per heavy atom. The zero-order valence-corrected chi connectivity index (χ0v) is 18.0. The molecule has 0 spiro atoms. The first-order chi connectivity index (χ1) is 7.67. The molecule has 1 nitrogen and oxygen atoms in total. The summed E-state index contributed by atoms with van der Waals surface area (Å²) in [6.45, 7) is 0. The van der Waals surface area contributed by atoms with Crippen LogP contribution in [-0.4, -0.2) is 32.8 Å². The average Bonchev–Trinajstić information content (AvgIpc) is 2.10. The summed E-state index contributed by atoms with van der Waals surface area (Å²) in [5.74, 6) is 0. The maximum Gasteiger partial charge on any atom is 0.225 e. The maximum absolute atomic E-state index is 5.95. The van der Waals surface area contributed by atoms with E-state index in [0.717, 1.165) is 0 Å². The van der Waals surface area contributed by atoms with Gasteiger partial charge in [-0.05, 0) is 0 Å². The molecule has 0 saturated heterocycles. The van der Waals surface area contributed by atoms with Crippen LogP contribution in [0.3, 0.4) is 0 Å². The van der Waals surface area contributed by atoms with Crippen molar-refractivity contribution in [3.63, 3.8) is 0 Å². The minimum atomic E-state index is -2.04. The van der Waals surface area contributed by atoms with E-state index in [2.05, 4.69) is 0 Å². The normalized spacial score (nSPS) is 17.0. The van der Waals surface area contributed by atoms with Crippen LogP contribution in [0.2, 0.25) is 0 Å². The predicted molar refractivity (Wildman–Crippen MR) is 88.9 cm³/mol. The second kappa shape index (κ2) is 7.10. The lowest BCUT2D eigenvalue weighted by atomic mass is 10.1. The van der Waals surface area contributed by atoms with E-state index in [9.17, 15) is 0 Å². The molecule has 12 heteroatoms. The van der Waals surface area contributed by atoms with Gasteiger partial charge in [0.15, 0.2) is 8.67 Å². The zero-order chi connectivity index (χ0) is 15.0. The summed E-state index contributed by atoms with van der Waals surface area (Å²) >= 11 is 57.6. The Hall–Kier alpha value is 3.08. The molecular weight excluding hydrogens is 471 g/mol. The molecule has 110 valence electrons. The first-order valence-electron chi connectivity index (χ1n) is 4.08. The van der Waals surface area contributed by atoms with Crippen LogP contribution in [0, 0.1) is 0 Å². The topological polar surface area (TPSA) is 9.23 Å². The average molecular weight is 477 g/mol. The standard InChI is InChI=1S/C6H6Cl10OSi/c7-3(8,5(11,12)13)1-2(17-18)4(9,10)6(14,15)16/h2H,1H2,18H3. The second-order valence-corrected chi connectivity index (χ2v) is 11.2. The molecule has 0 bridgehead atoms. The first kappa shape index (κ1) is 21.1. The van der Waals surface area contributed by atoms with Gasteiger partial charge < -0.3 is 4.43 Å². The molecule has 0 aliphatic heterocycles. The molecule has 0 heterocycles. The van der Waals surface area contributed by atoms with Gasteiger partial charge in [0.2, 0.25) is 7.59 Å². The van der Waals surface area contributed by atoms with Crippen LogP contribution < -0.4 is 0 Å². The van der Waals surface area contributed by atoms with Gasteiger partial charge in [-0.15, -0.1) is 0 Å². The Morgan fingerprint density at radius 2 is 1.17 bits per heavy atom. The van der Waals surface area contributed by atoms with E-state index >= 15 is 0 Å². The minimum Gasteiger partial charge on any atom is -0.422 e. The number of rotatable bonds is 4. The molecule has 0 aliphatic carbocycles. The highest BCUT2D eigenvalue weighted by Gasteiger charge is 2.56. The molecule has 0 aromatic rings. The first-order valence-corrected chi connectivity index (χ1v) is 8.68. The van der Waals surface area contributed by atoms with Crippen molar-refractivity contribution in [1.82, 2.24) is 0 Å². The quantitative estimate of drug-likeness (QED) is 0.404. The van der Waals surface area contributed by atoms with Crippen molar-refractivity contribution < 1.29 is 4.43 Å². The van der Waals surface area contributed by atoms with Crippen LogP contribution in [0.4, 0.5) is 0 Å². The van der Waals surface area contributed by atoms with E-state index in [1.54, 1.807) is 0 Å². The number of hydrogen-bond donors (Lipinski definition) is 0. The summed E-state index contributed by atoms with van der Waals surface area (Å²) in [6.07, 6.45) is -1.29. The lowest BCUT2D eigenvalue weighted by Crippen LogP contribution is -2.48. The Labute approximate surface area is 158 Å². The molecule has 0 aromatic heterocycles. The summed E-state index contributed by atoms with van der Waals surface area (Å²) in [5, 5.41) is 0. The summed E-state index contributed by atoms with van der Waals surface area (Å²) in [6, 6.07) is 0. The van der Waals surface area contributed by atoms with Crippen molar-refractivity contribution >= 4 is 126 Å².